The molecule has 8 heteroatoms. The molecule has 4 aromatic carbocycles. The van der Waals surface area contributed by atoms with E-state index in [2.05, 4.69) is 5.32 Å². The fraction of sp³-hybridized carbons (Fsp3) is 0.257. The molecular formula is C35H38N2O6. The lowest BCUT2D eigenvalue weighted by Crippen LogP contribution is -2.44. The second kappa shape index (κ2) is 15.3. The highest BCUT2D eigenvalue weighted by molar-refractivity contribution is 5.89. The van der Waals surface area contributed by atoms with Crippen LogP contribution < -0.4 is 24.3 Å². The maximum Gasteiger partial charge on any atom is 0.247 e. The Morgan fingerprint density at radius 3 is 1.84 bits per heavy atom. The molecule has 1 N–H and O–H groups in total. The number of carbonyl (C=O) groups is 2. The first-order valence-corrected chi connectivity index (χ1v) is 14.0. The summed E-state index contributed by atoms with van der Waals surface area (Å²) in [5, 5.41) is 3.07. The fourth-order valence-corrected chi connectivity index (χ4v) is 4.84. The number of nitrogens with zero attached hydrogens (tertiary/aromatic N) is 1. The number of ether oxygens (including phenoxy) is 4. The van der Waals surface area contributed by atoms with Crippen molar-refractivity contribution in [3.05, 3.63) is 119 Å². The van der Waals surface area contributed by atoms with Crippen LogP contribution in [-0.4, -0.2) is 51.7 Å². The minimum absolute atomic E-state index is 0.0684. The number of nitrogens with one attached hydrogen (secondary N) is 1. The normalized spacial score (nSPS) is 11.3. The predicted molar refractivity (Wildman–Crippen MR) is 166 cm³/mol. The Bertz CT molecular complexity index is 1470. The van der Waals surface area contributed by atoms with Gasteiger partial charge in [0, 0.05) is 13.1 Å². The van der Waals surface area contributed by atoms with E-state index in [4.69, 9.17) is 18.9 Å². The summed E-state index contributed by atoms with van der Waals surface area (Å²) < 4.78 is 21.4. The van der Waals surface area contributed by atoms with Crippen molar-refractivity contribution >= 4 is 11.8 Å². The van der Waals surface area contributed by atoms with E-state index in [-0.39, 0.29) is 24.8 Å². The van der Waals surface area contributed by atoms with Gasteiger partial charge in [0.15, 0.2) is 11.5 Å². The standard InChI is InChI=1S/C35H38N2O6/c1-40-29-15-10-25(11-16-29)20-21-36-35(39)34(28-8-6-5-7-9-28)37(24-26-12-17-30(41-2)18-13-26)33(38)23-27-14-19-31(42-3)32(22-27)43-4/h5-19,22,34H,20-21,23-24H2,1-4H3,(H,36,39)/t34-/m0/s1. The SMILES string of the molecule is COc1ccc(CCNC(=O)[C@H](c2ccccc2)N(Cc2ccc(OC)cc2)C(=O)Cc2ccc(OC)c(OC)c2)cc1. The van der Waals surface area contributed by atoms with Gasteiger partial charge in [-0.15, -0.1) is 0 Å². The van der Waals surface area contributed by atoms with Gasteiger partial charge in [0.2, 0.25) is 11.8 Å². The summed E-state index contributed by atoms with van der Waals surface area (Å²) in [6, 6.07) is 29.2. The van der Waals surface area contributed by atoms with Crippen molar-refractivity contribution < 1.29 is 28.5 Å². The lowest BCUT2D eigenvalue weighted by Gasteiger charge is -2.32. The zero-order valence-corrected chi connectivity index (χ0v) is 25.0. The predicted octanol–water partition coefficient (Wildman–Crippen LogP) is 5.39. The van der Waals surface area contributed by atoms with Crippen LogP contribution >= 0.6 is 0 Å². The average Bonchev–Trinajstić information content (AvgIpc) is 3.05. The van der Waals surface area contributed by atoms with Crippen LogP contribution in [0.25, 0.3) is 0 Å². The molecule has 0 saturated carbocycles. The summed E-state index contributed by atoms with van der Waals surface area (Å²) in [4.78, 5) is 29.7. The highest BCUT2D eigenvalue weighted by atomic mass is 16.5. The summed E-state index contributed by atoms with van der Waals surface area (Å²) in [5.74, 6) is 2.13. The topological polar surface area (TPSA) is 86.3 Å². The van der Waals surface area contributed by atoms with E-state index in [0.29, 0.717) is 30.2 Å². The Balaban J connectivity index is 1.63. The van der Waals surface area contributed by atoms with Gasteiger partial charge in [-0.2, -0.15) is 0 Å². The Morgan fingerprint density at radius 1 is 0.674 bits per heavy atom. The number of carbonyl (C=O) groups excluding carboxylic acids is 2. The van der Waals surface area contributed by atoms with E-state index in [0.717, 1.165) is 28.0 Å². The Hall–Kier alpha value is -4.98. The van der Waals surface area contributed by atoms with Gasteiger partial charge in [0.25, 0.3) is 0 Å². The first kappa shape index (κ1) is 31.0. The molecule has 4 aromatic rings. The van der Waals surface area contributed by atoms with E-state index in [1.54, 1.807) is 45.5 Å². The van der Waals surface area contributed by atoms with E-state index in [1.165, 1.54) is 0 Å². The van der Waals surface area contributed by atoms with Crippen molar-refractivity contribution in [2.45, 2.75) is 25.4 Å². The Labute approximate surface area is 253 Å². The van der Waals surface area contributed by atoms with Gasteiger partial charge in [-0.25, -0.2) is 0 Å². The van der Waals surface area contributed by atoms with E-state index < -0.39 is 6.04 Å². The third-order valence-electron chi connectivity index (χ3n) is 7.18. The number of hydrogen-bond acceptors (Lipinski definition) is 6. The number of amides is 2. The Morgan fingerprint density at radius 2 is 1.26 bits per heavy atom. The molecule has 43 heavy (non-hydrogen) atoms. The molecule has 0 aliphatic rings. The van der Waals surface area contributed by atoms with Crippen LogP contribution in [-0.2, 0) is 29.0 Å². The first-order valence-electron chi connectivity index (χ1n) is 14.0. The molecule has 0 aliphatic carbocycles. The molecule has 0 bridgehead atoms. The summed E-state index contributed by atoms with van der Waals surface area (Å²) in [6.45, 7) is 0.635. The summed E-state index contributed by atoms with van der Waals surface area (Å²) >= 11 is 0. The van der Waals surface area contributed by atoms with E-state index >= 15 is 0 Å². The molecule has 0 unspecified atom stereocenters. The molecule has 8 nitrogen and oxygen atoms in total. The molecule has 0 fully saturated rings. The number of benzene rings is 4. The van der Waals surface area contributed by atoms with Gasteiger partial charge in [-0.05, 0) is 65.1 Å². The van der Waals surface area contributed by atoms with Gasteiger partial charge in [0.1, 0.15) is 17.5 Å². The quantitative estimate of drug-likeness (QED) is 0.215. The zero-order chi connectivity index (χ0) is 30.6. The van der Waals surface area contributed by atoms with Gasteiger partial charge >= 0.3 is 0 Å². The number of hydrogen-bond donors (Lipinski definition) is 1. The molecule has 1 atom stereocenters. The van der Waals surface area contributed by atoms with Crippen molar-refractivity contribution in [3.8, 4) is 23.0 Å². The van der Waals surface area contributed by atoms with Crippen LogP contribution in [0, 0.1) is 0 Å². The van der Waals surface area contributed by atoms with Crippen LogP contribution in [0.15, 0.2) is 97.1 Å². The smallest absolute Gasteiger partial charge is 0.247 e. The highest BCUT2D eigenvalue weighted by Crippen LogP contribution is 2.30. The average molecular weight is 583 g/mol. The molecule has 0 saturated heterocycles. The van der Waals surface area contributed by atoms with Crippen LogP contribution in [0.4, 0.5) is 0 Å². The third kappa shape index (κ3) is 8.29. The molecule has 224 valence electrons. The summed E-state index contributed by atoms with van der Waals surface area (Å²) in [7, 11) is 6.36. The largest absolute Gasteiger partial charge is 0.497 e. The number of methoxy groups -OCH3 is 4. The molecule has 2 amide bonds. The molecule has 0 radical (unpaired) electrons. The van der Waals surface area contributed by atoms with Gasteiger partial charge in [0.05, 0.1) is 34.9 Å². The third-order valence-corrected chi connectivity index (χ3v) is 7.18. The molecular weight excluding hydrogens is 544 g/mol. The molecule has 0 heterocycles. The zero-order valence-electron chi connectivity index (χ0n) is 25.0. The first-order chi connectivity index (χ1) is 20.9. The van der Waals surface area contributed by atoms with Crippen LogP contribution in [0.5, 0.6) is 23.0 Å². The highest BCUT2D eigenvalue weighted by Gasteiger charge is 2.31. The maximum absolute atomic E-state index is 14.1. The fourth-order valence-electron chi connectivity index (χ4n) is 4.84. The van der Waals surface area contributed by atoms with Crippen LogP contribution in [0.3, 0.4) is 0 Å². The molecule has 0 spiro atoms. The second-order valence-electron chi connectivity index (χ2n) is 9.94. The van der Waals surface area contributed by atoms with E-state index in [9.17, 15) is 9.59 Å². The van der Waals surface area contributed by atoms with Gasteiger partial charge in [-0.1, -0.05) is 60.7 Å². The second-order valence-corrected chi connectivity index (χ2v) is 9.94. The van der Waals surface area contributed by atoms with Gasteiger partial charge in [-0.3, -0.25) is 9.59 Å². The molecule has 4 rings (SSSR count). The molecule has 0 aromatic heterocycles. The Kier molecular flexibility index (Phi) is 11.0. The van der Waals surface area contributed by atoms with Crippen LogP contribution in [0.2, 0.25) is 0 Å². The molecule has 0 aliphatic heterocycles. The van der Waals surface area contributed by atoms with Crippen LogP contribution in [0.1, 0.15) is 28.3 Å². The van der Waals surface area contributed by atoms with Crippen molar-refractivity contribution in [1.29, 1.82) is 0 Å². The lowest BCUT2D eigenvalue weighted by molar-refractivity contribution is -0.141. The minimum atomic E-state index is -0.855. The lowest BCUT2D eigenvalue weighted by atomic mass is 10.0. The van der Waals surface area contributed by atoms with Gasteiger partial charge < -0.3 is 29.2 Å². The minimum Gasteiger partial charge on any atom is -0.497 e. The summed E-state index contributed by atoms with van der Waals surface area (Å²) in [5.41, 5.74) is 3.40. The van der Waals surface area contributed by atoms with E-state index in [1.807, 2.05) is 84.9 Å². The van der Waals surface area contributed by atoms with Crippen molar-refractivity contribution in [2.75, 3.05) is 35.0 Å². The monoisotopic (exact) mass is 582 g/mol. The van der Waals surface area contributed by atoms with Crippen molar-refractivity contribution in [3.63, 3.8) is 0 Å². The van der Waals surface area contributed by atoms with Crippen molar-refractivity contribution in [2.24, 2.45) is 0 Å². The summed E-state index contributed by atoms with van der Waals surface area (Å²) in [6.07, 6.45) is 0.703. The number of rotatable bonds is 14. The maximum atomic E-state index is 14.1. The van der Waals surface area contributed by atoms with Crippen molar-refractivity contribution in [1.82, 2.24) is 10.2 Å².